The number of amides is 4. The molecule has 2 saturated carbocycles. The van der Waals surface area contributed by atoms with Crippen LogP contribution in [0.25, 0.3) is 0 Å². The van der Waals surface area contributed by atoms with Gasteiger partial charge in [0, 0.05) is 17.9 Å². The minimum absolute atomic E-state index is 0.0423. The van der Waals surface area contributed by atoms with Crippen LogP contribution in [0.4, 0.5) is 23.7 Å². The van der Waals surface area contributed by atoms with E-state index in [2.05, 4.69) is 4.98 Å². The number of ether oxygens (including phenoxy) is 1. The number of hydrogen-bond donors (Lipinski definition) is 1. The molecule has 8 nitrogen and oxygen atoms in total. The third kappa shape index (κ3) is 3.74. The predicted molar refractivity (Wildman–Crippen MR) is 113 cm³/mol. The van der Waals surface area contributed by atoms with Crippen LogP contribution >= 0.6 is 0 Å². The van der Waals surface area contributed by atoms with Crippen molar-refractivity contribution in [1.29, 1.82) is 0 Å². The zero-order chi connectivity index (χ0) is 24.3. The van der Waals surface area contributed by atoms with Gasteiger partial charge in [0.1, 0.15) is 18.2 Å². The molecule has 1 aromatic heterocycles. The van der Waals surface area contributed by atoms with Gasteiger partial charge in [0.15, 0.2) is 0 Å². The number of halogens is 3. The number of anilines is 1. The number of rotatable bonds is 5. The second-order valence-electron chi connectivity index (χ2n) is 9.11. The van der Waals surface area contributed by atoms with E-state index in [9.17, 15) is 27.6 Å². The number of nitrogens with zero attached hydrogens (tertiary/aromatic N) is 3. The zero-order valence-corrected chi connectivity index (χ0v) is 17.9. The molecule has 0 radical (unpaired) electrons. The van der Waals surface area contributed by atoms with Crippen molar-refractivity contribution in [3.05, 3.63) is 53.7 Å². The van der Waals surface area contributed by atoms with Crippen molar-refractivity contribution in [2.45, 2.75) is 44.0 Å². The van der Waals surface area contributed by atoms with E-state index in [4.69, 9.17) is 10.5 Å². The summed E-state index contributed by atoms with van der Waals surface area (Å²) in [6.07, 6.45) is -0.413. The van der Waals surface area contributed by atoms with Gasteiger partial charge in [-0.1, -0.05) is 0 Å². The molecule has 0 bridgehead atoms. The number of alkyl halides is 3. The van der Waals surface area contributed by atoms with Crippen LogP contribution in [0.15, 0.2) is 42.6 Å². The zero-order valence-electron chi connectivity index (χ0n) is 17.9. The van der Waals surface area contributed by atoms with Gasteiger partial charge in [-0.15, -0.1) is 0 Å². The fourth-order valence-corrected chi connectivity index (χ4v) is 5.18. The van der Waals surface area contributed by atoms with Crippen molar-refractivity contribution >= 4 is 23.5 Å². The number of carbonyl (C=O) groups is 3. The SMILES string of the molecule is NC(=O)c1cccnc1OC1CC2(C1)CC(N1C(=O)CN(c3ccc(C(F)(F)F)cc3)C1=O)C2. The fourth-order valence-electron chi connectivity index (χ4n) is 5.18. The molecular formula is C23H21F3N4O4. The van der Waals surface area contributed by atoms with Gasteiger partial charge in [-0.05, 0) is 67.5 Å². The first-order chi connectivity index (χ1) is 16.1. The Bertz CT molecular complexity index is 1150. The summed E-state index contributed by atoms with van der Waals surface area (Å²) >= 11 is 0. The number of carbonyl (C=O) groups excluding carboxylic acids is 3. The maximum atomic E-state index is 12.9. The van der Waals surface area contributed by atoms with Crippen molar-refractivity contribution in [1.82, 2.24) is 9.88 Å². The molecule has 34 heavy (non-hydrogen) atoms. The Balaban J connectivity index is 1.18. The highest BCUT2D eigenvalue weighted by molar-refractivity contribution is 6.12. The van der Waals surface area contributed by atoms with Crippen LogP contribution in [0.3, 0.4) is 0 Å². The van der Waals surface area contributed by atoms with E-state index in [1.54, 1.807) is 12.1 Å². The molecule has 2 heterocycles. The van der Waals surface area contributed by atoms with Gasteiger partial charge in [-0.3, -0.25) is 19.4 Å². The van der Waals surface area contributed by atoms with E-state index in [0.29, 0.717) is 25.7 Å². The lowest BCUT2D eigenvalue weighted by molar-refractivity contribution is -0.139. The molecule has 1 aromatic carbocycles. The minimum atomic E-state index is -4.47. The molecule has 0 atom stereocenters. The number of imide groups is 1. The Morgan fingerprint density at radius 1 is 1.09 bits per heavy atom. The molecule has 2 N–H and O–H groups in total. The third-order valence-corrected chi connectivity index (χ3v) is 6.84. The third-order valence-electron chi connectivity index (χ3n) is 6.84. The Hall–Kier alpha value is -3.63. The molecule has 0 unspecified atom stereocenters. The molecular weight excluding hydrogens is 453 g/mol. The smallest absolute Gasteiger partial charge is 0.416 e. The van der Waals surface area contributed by atoms with Crippen LogP contribution in [0.2, 0.25) is 0 Å². The summed E-state index contributed by atoms with van der Waals surface area (Å²) in [5.41, 5.74) is 4.96. The first-order valence-electron chi connectivity index (χ1n) is 10.8. The van der Waals surface area contributed by atoms with Crippen molar-refractivity contribution in [2.75, 3.05) is 11.4 Å². The number of primary amides is 1. The second kappa shape index (κ2) is 7.71. The first kappa shape index (κ1) is 22.2. The number of urea groups is 1. The van der Waals surface area contributed by atoms with Gasteiger partial charge in [0.2, 0.25) is 5.88 Å². The molecule has 1 spiro atoms. The van der Waals surface area contributed by atoms with Crippen LogP contribution in [0.5, 0.6) is 5.88 Å². The highest BCUT2D eigenvalue weighted by Crippen LogP contribution is 2.58. The maximum Gasteiger partial charge on any atom is 0.416 e. The lowest BCUT2D eigenvalue weighted by Crippen LogP contribution is -2.60. The van der Waals surface area contributed by atoms with E-state index < -0.39 is 23.7 Å². The van der Waals surface area contributed by atoms with Crippen molar-refractivity contribution in [3.8, 4) is 5.88 Å². The van der Waals surface area contributed by atoms with Crippen LogP contribution in [-0.2, 0) is 11.0 Å². The number of aromatic nitrogens is 1. The fraction of sp³-hybridized carbons (Fsp3) is 0.391. The molecule has 2 aliphatic carbocycles. The highest BCUT2D eigenvalue weighted by atomic mass is 19.4. The molecule has 3 fully saturated rings. The monoisotopic (exact) mass is 474 g/mol. The summed E-state index contributed by atoms with van der Waals surface area (Å²) in [4.78, 5) is 43.5. The van der Waals surface area contributed by atoms with Gasteiger partial charge < -0.3 is 10.5 Å². The molecule has 1 saturated heterocycles. The van der Waals surface area contributed by atoms with Gasteiger partial charge in [-0.25, -0.2) is 9.78 Å². The van der Waals surface area contributed by atoms with Gasteiger partial charge in [-0.2, -0.15) is 13.2 Å². The van der Waals surface area contributed by atoms with Crippen LogP contribution in [0, 0.1) is 5.41 Å². The van der Waals surface area contributed by atoms with Crippen LogP contribution in [0.1, 0.15) is 41.6 Å². The summed E-state index contributed by atoms with van der Waals surface area (Å²) in [5, 5.41) is 0. The van der Waals surface area contributed by atoms with Gasteiger partial charge in [0.05, 0.1) is 5.56 Å². The van der Waals surface area contributed by atoms with E-state index in [1.807, 2.05) is 0 Å². The molecule has 1 aliphatic heterocycles. The Kier molecular flexibility index (Phi) is 5.03. The Morgan fingerprint density at radius 2 is 1.76 bits per heavy atom. The number of hydrogen-bond acceptors (Lipinski definition) is 5. The van der Waals surface area contributed by atoms with E-state index in [-0.39, 0.29) is 47.1 Å². The Morgan fingerprint density at radius 3 is 2.38 bits per heavy atom. The molecule has 3 aliphatic rings. The Labute approximate surface area is 192 Å². The average molecular weight is 474 g/mol. The number of nitrogens with two attached hydrogens (primary N) is 1. The van der Waals surface area contributed by atoms with Crippen molar-refractivity contribution < 1.29 is 32.3 Å². The standard InChI is InChI=1S/C23H21F3N4O4/c24-23(25,26)13-3-5-14(6-4-13)29-12-18(31)30(21(29)33)15-8-22(9-15)10-16(11-22)34-20-17(19(27)32)2-1-7-28-20/h1-7,15-16H,8-12H2,(H2,27,32). The number of pyridine rings is 1. The largest absolute Gasteiger partial charge is 0.474 e. The van der Waals surface area contributed by atoms with Crippen LogP contribution in [-0.4, -0.2) is 46.4 Å². The van der Waals surface area contributed by atoms with Gasteiger partial charge >= 0.3 is 12.2 Å². The lowest BCUT2D eigenvalue weighted by atomic mass is 9.52. The summed E-state index contributed by atoms with van der Waals surface area (Å²) in [7, 11) is 0. The summed E-state index contributed by atoms with van der Waals surface area (Å²) in [5.74, 6) is -0.788. The molecule has 11 heteroatoms. The van der Waals surface area contributed by atoms with E-state index >= 15 is 0 Å². The maximum absolute atomic E-state index is 12.9. The van der Waals surface area contributed by atoms with Crippen LogP contribution < -0.4 is 15.4 Å². The summed E-state index contributed by atoms with van der Waals surface area (Å²) < 4.78 is 44.2. The molecule has 5 rings (SSSR count). The second-order valence-corrected chi connectivity index (χ2v) is 9.11. The van der Waals surface area contributed by atoms with E-state index in [0.717, 1.165) is 12.1 Å². The minimum Gasteiger partial charge on any atom is -0.474 e. The van der Waals surface area contributed by atoms with Gasteiger partial charge in [0.25, 0.3) is 11.8 Å². The normalized spacial score (nSPS) is 26.4. The summed E-state index contributed by atoms with van der Waals surface area (Å²) in [6, 6.07) is 6.57. The quantitative estimate of drug-likeness (QED) is 0.669. The first-order valence-corrected chi connectivity index (χ1v) is 10.8. The highest BCUT2D eigenvalue weighted by Gasteiger charge is 2.58. The molecule has 2 aromatic rings. The summed E-state index contributed by atoms with van der Waals surface area (Å²) in [6.45, 7) is -0.199. The average Bonchev–Trinajstić information content (AvgIpc) is 3.02. The van der Waals surface area contributed by atoms with Crippen molar-refractivity contribution in [3.63, 3.8) is 0 Å². The molecule has 4 amide bonds. The topological polar surface area (TPSA) is 106 Å². The lowest BCUT2D eigenvalue weighted by Gasteiger charge is -2.58. The van der Waals surface area contributed by atoms with Crippen molar-refractivity contribution in [2.24, 2.45) is 11.1 Å². The van der Waals surface area contributed by atoms with E-state index in [1.165, 1.54) is 28.1 Å². The number of benzene rings is 1. The predicted octanol–water partition coefficient (Wildman–Crippen LogP) is 3.36. The molecule has 178 valence electrons.